The third kappa shape index (κ3) is 7.08. The highest BCUT2D eigenvalue weighted by Gasteiger charge is 2.53. The zero-order valence-corrected chi connectivity index (χ0v) is 42.4. The van der Waals surface area contributed by atoms with Crippen molar-refractivity contribution in [2.45, 2.75) is 31.6 Å². The Labute approximate surface area is 440 Å². The third-order valence-electron chi connectivity index (χ3n) is 15.9. The summed E-state index contributed by atoms with van der Waals surface area (Å²) in [6.45, 7) is 7.08. The zero-order valence-electron chi connectivity index (χ0n) is 42.4. The molecule has 0 N–H and O–H groups in total. The smallest absolute Gasteiger partial charge is 0.0732 e. The fraction of sp³-hybridized carbons (Fsp3) is 0.0685. The number of nitrogens with zero attached hydrogens (tertiary/aromatic N) is 2. The highest BCUT2D eigenvalue weighted by molar-refractivity contribution is 6.06. The minimum Gasteiger partial charge on any atom is -0.310 e. The molecular formula is C73H54N2. The number of anilines is 6. The van der Waals surface area contributed by atoms with E-state index in [0.29, 0.717) is 0 Å². The van der Waals surface area contributed by atoms with Crippen molar-refractivity contribution < 1.29 is 0 Å². The topological polar surface area (TPSA) is 6.48 Å². The van der Waals surface area contributed by atoms with Gasteiger partial charge in [0.05, 0.1) is 5.41 Å². The van der Waals surface area contributed by atoms with Crippen LogP contribution in [0.1, 0.15) is 48.6 Å². The zero-order chi connectivity index (χ0) is 50.3. The Kier molecular flexibility index (Phi) is 10.4. The van der Waals surface area contributed by atoms with E-state index in [0.717, 1.165) is 45.3 Å². The van der Waals surface area contributed by atoms with Gasteiger partial charge in [-0.1, -0.05) is 227 Å². The van der Waals surface area contributed by atoms with Crippen molar-refractivity contribution >= 4 is 55.7 Å². The SMILES string of the molecule is CC(C)(C)c1cccc2c1-c1ccc3ccccc3c1C21c2ccccc2-c2ccc(N(c3ccccc3)c3cc(-c4ccccc4)cc(N(c4ccccc4)c4cc(-c5ccccc5)c5ccccc5c4)c3)cc21. The van der Waals surface area contributed by atoms with E-state index in [1.54, 1.807) is 0 Å². The van der Waals surface area contributed by atoms with E-state index in [4.69, 9.17) is 0 Å². The monoisotopic (exact) mass is 958 g/mol. The van der Waals surface area contributed by atoms with Crippen LogP contribution in [0, 0.1) is 0 Å². The van der Waals surface area contributed by atoms with Crippen LogP contribution in [0.25, 0.3) is 66.1 Å². The van der Waals surface area contributed by atoms with Crippen LogP contribution in [0.15, 0.2) is 273 Å². The molecule has 0 bridgehead atoms. The molecule has 12 aromatic rings. The molecule has 0 aliphatic heterocycles. The number of hydrogen-bond acceptors (Lipinski definition) is 2. The number of rotatable bonds is 8. The summed E-state index contributed by atoms with van der Waals surface area (Å²) in [5.74, 6) is 0. The predicted molar refractivity (Wildman–Crippen MR) is 317 cm³/mol. The molecule has 1 spiro atoms. The summed E-state index contributed by atoms with van der Waals surface area (Å²) in [7, 11) is 0. The molecular weight excluding hydrogens is 905 g/mol. The number of fused-ring (bicyclic) bond motifs is 13. The molecule has 2 aliphatic carbocycles. The lowest BCUT2D eigenvalue weighted by atomic mass is 9.69. The molecule has 12 aromatic carbocycles. The van der Waals surface area contributed by atoms with Crippen LogP contribution >= 0.6 is 0 Å². The van der Waals surface area contributed by atoms with E-state index in [9.17, 15) is 0 Å². The lowest BCUT2D eigenvalue weighted by Crippen LogP contribution is -2.27. The Morgan fingerprint density at radius 3 is 1.52 bits per heavy atom. The van der Waals surface area contributed by atoms with Crippen LogP contribution < -0.4 is 9.80 Å². The van der Waals surface area contributed by atoms with Crippen molar-refractivity contribution in [3.8, 4) is 44.5 Å². The van der Waals surface area contributed by atoms with E-state index < -0.39 is 5.41 Å². The first kappa shape index (κ1) is 44.5. The molecule has 2 heteroatoms. The molecule has 356 valence electrons. The summed E-state index contributed by atoms with van der Waals surface area (Å²) in [4.78, 5) is 4.92. The Morgan fingerprint density at radius 2 is 0.827 bits per heavy atom. The van der Waals surface area contributed by atoms with E-state index in [1.165, 1.54) is 82.7 Å². The van der Waals surface area contributed by atoms with Gasteiger partial charge in [-0.3, -0.25) is 0 Å². The highest BCUT2D eigenvalue weighted by Crippen LogP contribution is 2.66. The maximum Gasteiger partial charge on any atom is 0.0732 e. The van der Waals surface area contributed by atoms with Crippen molar-refractivity contribution in [2.75, 3.05) is 9.80 Å². The molecule has 0 amide bonds. The molecule has 1 atom stereocenters. The van der Waals surface area contributed by atoms with Crippen molar-refractivity contribution in [3.05, 3.63) is 301 Å². The third-order valence-corrected chi connectivity index (χ3v) is 15.9. The van der Waals surface area contributed by atoms with E-state index in [-0.39, 0.29) is 5.41 Å². The maximum atomic E-state index is 2.53. The molecule has 0 fully saturated rings. The summed E-state index contributed by atoms with van der Waals surface area (Å²) in [5.41, 5.74) is 22.4. The van der Waals surface area contributed by atoms with Crippen LogP contribution in [-0.4, -0.2) is 0 Å². The van der Waals surface area contributed by atoms with Gasteiger partial charge in [-0.15, -0.1) is 0 Å². The lowest BCUT2D eigenvalue weighted by molar-refractivity contribution is 0.591. The fourth-order valence-electron chi connectivity index (χ4n) is 12.7. The molecule has 0 saturated heterocycles. The molecule has 1 unspecified atom stereocenters. The van der Waals surface area contributed by atoms with Gasteiger partial charge in [0, 0.05) is 34.1 Å². The van der Waals surface area contributed by atoms with Crippen LogP contribution in [0.2, 0.25) is 0 Å². The van der Waals surface area contributed by atoms with Crippen LogP contribution in [0.4, 0.5) is 34.1 Å². The molecule has 0 radical (unpaired) electrons. The van der Waals surface area contributed by atoms with Crippen molar-refractivity contribution in [3.63, 3.8) is 0 Å². The van der Waals surface area contributed by atoms with Crippen LogP contribution in [0.3, 0.4) is 0 Å². The quantitative estimate of drug-likeness (QED) is 0.150. The first-order valence-electron chi connectivity index (χ1n) is 26.2. The Hall–Kier alpha value is -9.24. The van der Waals surface area contributed by atoms with Crippen LogP contribution in [-0.2, 0) is 10.8 Å². The average Bonchev–Trinajstić information content (AvgIpc) is 4.18. The highest BCUT2D eigenvalue weighted by atomic mass is 15.2. The van der Waals surface area contributed by atoms with Gasteiger partial charge < -0.3 is 9.80 Å². The van der Waals surface area contributed by atoms with Gasteiger partial charge in [0.25, 0.3) is 0 Å². The van der Waals surface area contributed by atoms with Gasteiger partial charge in [0.2, 0.25) is 0 Å². The summed E-state index contributed by atoms with van der Waals surface area (Å²) in [5, 5.41) is 4.96. The molecule has 14 rings (SSSR count). The fourth-order valence-corrected chi connectivity index (χ4v) is 12.7. The molecule has 0 heterocycles. The minimum atomic E-state index is -0.579. The van der Waals surface area contributed by atoms with Gasteiger partial charge in [-0.2, -0.15) is 0 Å². The standard InChI is InChI=1S/C73H54N2/c1-72(2,3)67-37-22-38-68-70(67)64-41-39-51-27-16-19-34-61(51)71(64)73(68)66-36-21-20-35-62(66)63-42-40-56(48-69(63)73)74(54-29-12-6-13-30-54)57-44-53(49-23-8-4-9-24-49)45-58(46-57)75(55-31-14-7-15-32-55)59-43-52-28-17-18-33-60(52)65(47-59)50-25-10-5-11-26-50/h4-48H,1-3H3. The van der Waals surface area contributed by atoms with E-state index >= 15 is 0 Å². The molecule has 75 heavy (non-hydrogen) atoms. The predicted octanol–water partition coefficient (Wildman–Crippen LogP) is 19.9. The number of benzene rings is 12. The van der Waals surface area contributed by atoms with E-state index in [2.05, 4.69) is 304 Å². The second-order valence-corrected chi connectivity index (χ2v) is 21.2. The Bertz CT molecular complexity index is 4150. The summed E-state index contributed by atoms with van der Waals surface area (Å²) >= 11 is 0. The van der Waals surface area contributed by atoms with Crippen molar-refractivity contribution in [1.29, 1.82) is 0 Å². The molecule has 0 saturated carbocycles. The van der Waals surface area contributed by atoms with E-state index in [1.807, 2.05) is 0 Å². The lowest BCUT2D eigenvalue weighted by Gasteiger charge is -2.34. The Balaban J connectivity index is 1.05. The van der Waals surface area contributed by atoms with Crippen molar-refractivity contribution in [2.24, 2.45) is 0 Å². The first-order valence-corrected chi connectivity index (χ1v) is 26.2. The Morgan fingerprint density at radius 1 is 0.293 bits per heavy atom. The van der Waals surface area contributed by atoms with Crippen molar-refractivity contribution in [1.82, 2.24) is 0 Å². The second-order valence-electron chi connectivity index (χ2n) is 21.2. The normalized spacial score (nSPS) is 14.1. The summed E-state index contributed by atoms with van der Waals surface area (Å²) in [6.07, 6.45) is 0. The molecule has 2 nitrogen and oxygen atoms in total. The minimum absolute atomic E-state index is 0.0855. The molecule has 2 aliphatic rings. The number of para-hydroxylation sites is 2. The maximum absolute atomic E-state index is 2.53. The average molecular weight is 959 g/mol. The number of hydrogen-bond donors (Lipinski definition) is 0. The second kappa shape index (κ2) is 17.5. The van der Waals surface area contributed by atoms with Gasteiger partial charge in [0.1, 0.15) is 0 Å². The summed E-state index contributed by atoms with van der Waals surface area (Å²) in [6, 6.07) is 101. The largest absolute Gasteiger partial charge is 0.310 e. The van der Waals surface area contributed by atoms with Gasteiger partial charge in [0.15, 0.2) is 0 Å². The summed E-state index contributed by atoms with van der Waals surface area (Å²) < 4.78 is 0. The van der Waals surface area contributed by atoms with Crippen LogP contribution in [0.5, 0.6) is 0 Å². The van der Waals surface area contributed by atoms with Gasteiger partial charge in [-0.25, -0.2) is 0 Å². The molecule has 0 aromatic heterocycles. The van der Waals surface area contributed by atoms with Gasteiger partial charge in [-0.05, 0) is 166 Å². The first-order chi connectivity index (χ1) is 36.8. The van der Waals surface area contributed by atoms with Gasteiger partial charge >= 0.3 is 0 Å².